The van der Waals surface area contributed by atoms with Crippen LogP contribution in [0.25, 0.3) is 5.69 Å². The number of rotatable bonds is 4. The molecule has 2 fully saturated rings. The number of sulfone groups is 1. The predicted octanol–water partition coefficient (Wildman–Crippen LogP) is 0.282. The van der Waals surface area contributed by atoms with Gasteiger partial charge in [-0.15, -0.1) is 5.10 Å². The second kappa shape index (κ2) is 11.3. The molecule has 13 nitrogen and oxygen atoms in total. The fourth-order valence-corrected chi connectivity index (χ4v) is 5.89. The highest BCUT2D eigenvalue weighted by Gasteiger charge is 2.39. The lowest BCUT2D eigenvalue weighted by atomic mass is 10.0. The molecule has 3 aliphatic heterocycles. The summed E-state index contributed by atoms with van der Waals surface area (Å²) >= 11 is 0. The first-order chi connectivity index (χ1) is 18.7. The summed E-state index contributed by atoms with van der Waals surface area (Å²) in [5.74, 6) is -3.35. The van der Waals surface area contributed by atoms with Crippen molar-refractivity contribution in [3.63, 3.8) is 0 Å². The Balaban J connectivity index is 0.000000470. The van der Waals surface area contributed by atoms with E-state index in [9.17, 15) is 36.0 Å². The molecular weight excluding hydrogens is 561 g/mol. The standard InChI is InChI=1S/C21H24N6O5S.C2HF3O2/c28-19-5-4-18(20(29)22-19)26-11-14-10-16(2-3-17(14)21(26)30)27-13-15(23-24-27)12-25-6-1-8-33(31,32)9-7-25;3-2(4,5)1(6)7/h2-3,10,13,18H,1,4-9,11-12H2,(H,22,28,29);(H,6,7). The van der Waals surface area contributed by atoms with E-state index in [2.05, 4.69) is 20.5 Å². The number of piperidine rings is 1. The molecule has 0 radical (unpaired) electrons. The highest BCUT2D eigenvalue weighted by molar-refractivity contribution is 7.91. The van der Waals surface area contributed by atoms with Gasteiger partial charge in [-0.2, -0.15) is 13.2 Å². The number of carboxylic acids is 1. The summed E-state index contributed by atoms with van der Waals surface area (Å²) in [5.41, 5.74) is 2.80. The van der Waals surface area contributed by atoms with Crippen molar-refractivity contribution in [3.8, 4) is 5.69 Å². The van der Waals surface area contributed by atoms with E-state index in [1.54, 1.807) is 23.0 Å². The molecule has 4 heterocycles. The minimum absolute atomic E-state index is 0.156. The summed E-state index contributed by atoms with van der Waals surface area (Å²) in [6, 6.07) is 4.71. The van der Waals surface area contributed by atoms with Crippen molar-refractivity contribution in [2.24, 2.45) is 0 Å². The third kappa shape index (κ3) is 6.82. The molecule has 1 aromatic heterocycles. The van der Waals surface area contributed by atoms with Gasteiger partial charge in [-0.25, -0.2) is 17.9 Å². The fourth-order valence-electron chi connectivity index (χ4n) is 4.58. The Kier molecular flexibility index (Phi) is 8.25. The topological polar surface area (TPSA) is 172 Å². The van der Waals surface area contributed by atoms with E-state index < -0.39 is 33.9 Å². The summed E-state index contributed by atoms with van der Waals surface area (Å²) in [5, 5.41) is 17.9. The average molecular weight is 587 g/mol. The normalized spacial score (nSPS) is 21.2. The molecule has 0 spiro atoms. The van der Waals surface area contributed by atoms with Gasteiger partial charge in [-0.1, -0.05) is 5.21 Å². The Morgan fingerprint density at radius 2 is 1.88 bits per heavy atom. The highest BCUT2D eigenvalue weighted by atomic mass is 32.2. The molecule has 0 aliphatic carbocycles. The van der Waals surface area contributed by atoms with Crippen molar-refractivity contribution in [2.75, 3.05) is 24.6 Å². The number of carboxylic acid groups (broad SMARTS) is 1. The van der Waals surface area contributed by atoms with Gasteiger partial charge in [0.1, 0.15) is 6.04 Å². The Bertz CT molecular complexity index is 1440. The van der Waals surface area contributed by atoms with E-state index in [-0.39, 0.29) is 36.3 Å². The number of aromatic nitrogens is 3. The molecule has 2 aromatic rings. The van der Waals surface area contributed by atoms with Crippen molar-refractivity contribution in [2.45, 2.75) is 44.6 Å². The molecule has 1 unspecified atom stereocenters. The number of fused-ring (bicyclic) bond motifs is 1. The molecule has 2 saturated heterocycles. The minimum Gasteiger partial charge on any atom is -0.475 e. The summed E-state index contributed by atoms with van der Waals surface area (Å²) in [4.78, 5) is 49.0. The predicted molar refractivity (Wildman–Crippen MR) is 130 cm³/mol. The maximum Gasteiger partial charge on any atom is 0.490 e. The molecule has 40 heavy (non-hydrogen) atoms. The largest absolute Gasteiger partial charge is 0.490 e. The van der Waals surface area contributed by atoms with Crippen molar-refractivity contribution in [3.05, 3.63) is 41.2 Å². The number of amides is 3. The first-order valence-electron chi connectivity index (χ1n) is 12.2. The van der Waals surface area contributed by atoms with E-state index >= 15 is 0 Å². The first-order valence-corrected chi connectivity index (χ1v) is 14.0. The number of benzene rings is 1. The number of hydrogen-bond acceptors (Lipinski definition) is 9. The smallest absolute Gasteiger partial charge is 0.475 e. The maximum absolute atomic E-state index is 12.8. The zero-order valence-electron chi connectivity index (χ0n) is 20.9. The van der Waals surface area contributed by atoms with Crippen LogP contribution in [-0.2, 0) is 37.3 Å². The quantitative estimate of drug-likeness (QED) is 0.474. The summed E-state index contributed by atoms with van der Waals surface area (Å²) < 4.78 is 57.0. The zero-order valence-corrected chi connectivity index (χ0v) is 21.7. The van der Waals surface area contributed by atoms with Crippen molar-refractivity contribution in [1.29, 1.82) is 0 Å². The first kappa shape index (κ1) is 29.1. The van der Waals surface area contributed by atoms with E-state index in [1.165, 1.54) is 4.90 Å². The number of nitrogens with zero attached hydrogens (tertiary/aromatic N) is 5. The van der Waals surface area contributed by atoms with Crippen LogP contribution in [0.2, 0.25) is 0 Å². The number of carbonyl (C=O) groups excluding carboxylic acids is 3. The van der Waals surface area contributed by atoms with Gasteiger partial charge in [0.2, 0.25) is 11.8 Å². The van der Waals surface area contributed by atoms with E-state index in [1.807, 2.05) is 6.07 Å². The molecule has 17 heteroatoms. The number of hydrogen-bond donors (Lipinski definition) is 2. The number of nitrogens with one attached hydrogen (secondary N) is 1. The van der Waals surface area contributed by atoms with Crippen molar-refractivity contribution >= 4 is 33.5 Å². The highest BCUT2D eigenvalue weighted by Crippen LogP contribution is 2.29. The van der Waals surface area contributed by atoms with Crippen LogP contribution in [-0.4, -0.2) is 98.8 Å². The molecule has 5 rings (SSSR count). The van der Waals surface area contributed by atoms with E-state index in [4.69, 9.17) is 9.90 Å². The van der Waals surface area contributed by atoms with Gasteiger partial charge in [0.25, 0.3) is 5.91 Å². The molecule has 3 amide bonds. The van der Waals surface area contributed by atoms with E-state index in [0.29, 0.717) is 38.0 Å². The molecule has 0 saturated carbocycles. The Morgan fingerprint density at radius 1 is 1.15 bits per heavy atom. The van der Waals surface area contributed by atoms with Gasteiger partial charge >= 0.3 is 12.1 Å². The second-order valence-corrected chi connectivity index (χ2v) is 11.8. The molecule has 1 aromatic carbocycles. The zero-order chi connectivity index (χ0) is 29.2. The van der Waals surface area contributed by atoms with Crippen LogP contribution in [0.15, 0.2) is 24.4 Å². The van der Waals surface area contributed by atoms with Gasteiger partial charge in [0.15, 0.2) is 9.84 Å². The van der Waals surface area contributed by atoms with Gasteiger partial charge in [-0.3, -0.25) is 24.6 Å². The van der Waals surface area contributed by atoms with Gasteiger partial charge < -0.3 is 10.0 Å². The van der Waals surface area contributed by atoms with Gasteiger partial charge in [-0.05, 0) is 43.1 Å². The summed E-state index contributed by atoms with van der Waals surface area (Å²) in [6.45, 7) is 1.98. The van der Waals surface area contributed by atoms with Crippen LogP contribution < -0.4 is 5.32 Å². The molecular formula is C23H25F3N6O7S. The van der Waals surface area contributed by atoms with Crippen LogP contribution in [0.3, 0.4) is 0 Å². The fraction of sp³-hybridized carbons (Fsp3) is 0.478. The third-order valence-corrected chi connectivity index (χ3v) is 8.30. The summed E-state index contributed by atoms with van der Waals surface area (Å²) in [6.07, 6.45) is -2.14. The van der Waals surface area contributed by atoms with Gasteiger partial charge in [0, 0.05) is 31.6 Å². The molecule has 216 valence electrons. The SMILES string of the molecule is O=C(O)C(F)(F)F.O=C1CCC(N2Cc3cc(-n4cc(CN5CCCS(=O)(=O)CC5)nn4)ccc3C2=O)C(=O)N1. The lowest BCUT2D eigenvalue weighted by Crippen LogP contribution is -2.52. The number of aliphatic carboxylic acids is 1. The lowest BCUT2D eigenvalue weighted by Gasteiger charge is -2.29. The minimum atomic E-state index is -5.08. The Morgan fingerprint density at radius 3 is 2.55 bits per heavy atom. The third-order valence-electron chi connectivity index (χ3n) is 6.59. The average Bonchev–Trinajstić information content (AvgIpc) is 3.41. The Labute approximate surface area is 225 Å². The maximum atomic E-state index is 12.8. The number of halogens is 3. The second-order valence-electron chi connectivity index (χ2n) is 9.48. The van der Waals surface area contributed by atoms with Crippen molar-refractivity contribution in [1.82, 2.24) is 30.1 Å². The van der Waals surface area contributed by atoms with Crippen LogP contribution in [0.4, 0.5) is 13.2 Å². The summed E-state index contributed by atoms with van der Waals surface area (Å²) in [7, 11) is -2.97. The van der Waals surface area contributed by atoms with Crippen molar-refractivity contribution < 1.29 is 45.9 Å². The van der Waals surface area contributed by atoms with Gasteiger partial charge in [0.05, 0.1) is 29.1 Å². The number of carbonyl (C=O) groups is 4. The monoisotopic (exact) mass is 586 g/mol. The van der Waals surface area contributed by atoms with Crippen LogP contribution in [0.5, 0.6) is 0 Å². The number of alkyl halides is 3. The Hall–Kier alpha value is -3.86. The molecule has 0 bridgehead atoms. The number of imide groups is 1. The van der Waals surface area contributed by atoms with Crippen LogP contribution >= 0.6 is 0 Å². The lowest BCUT2D eigenvalue weighted by molar-refractivity contribution is -0.192. The molecule has 3 aliphatic rings. The molecule has 1 atom stereocenters. The van der Waals surface area contributed by atoms with Crippen LogP contribution in [0.1, 0.15) is 40.9 Å². The van der Waals surface area contributed by atoms with E-state index in [0.717, 1.165) is 16.9 Å². The molecule has 2 N–H and O–H groups in total. The van der Waals surface area contributed by atoms with Crippen LogP contribution in [0, 0.1) is 0 Å².